The van der Waals surface area contributed by atoms with Crippen molar-refractivity contribution < 1.29 is 4.42 Å². The van der Waals surface area contributed by atoms with Crippen molar-refractivity contribution in [2.75, 3.05) is 0 Å². The van der Waals surface area contributed by atoms with Crippen LogP contribution in [0.1, 0.15) is 0 Å². The molecule has 2 nitrogen and oxygen atoms in total. The maximum atomic E-state index is 5.99. The van der Waals surface area contributed by atoms with Gasteiger partial charge in [-0.1, -0.05) is 54.6 Å². The Morgan fingerprint density at radius 3 is 2.36 bits per heavy atom. The second kappa shape index (κ2) is 4.25. The lowest BCUT2D eigenvalue weighted by Crippen LogP contribution is -1.82. The third kappa shape index (κ3) is 1.55. The molecule has 0 saturated carbocycles. The zero-order valence-electron chi connectivity index (χ0n) is 11.9. The van der Waals surface area contributed by atoms with Gasteiger partial charge in [-0.15, -0.1) is 0 Å². The minimum absolute atomic E-state index is 0.890. The van der Waals surface area contributed by atoms with Crippen LogP contribution in [0, 0.1) is 0 Å². The minimum atomic E-state index is 0.890. The Morgan fingerprint density at radius 2 is 1.45 bits per heavy atom. The number of nitrogens with zero attached hydrogens (tertiary/aromatic N) is 1. The van der Waals surface area contributed by atoms with Gasteiger partial charge >= 0.3 is 0 Å². The Bertz CT molecular complexity index is 1120. The Kier molecular flexibility index (Phi) is 2.25. The minimum Gasteiger partial charge on any atom is -0.438 e. The molecule has 0 fully saturated rings. The predicted octanol–water partition coefficient (Wildman–Crippen LogP) is 5.51. The van der Waals surface area contributed by atoms with Crippen molar-refractivity contribution in [3.05, 3.63) is 78.9 Å². The van der Waals surface area contributed by atoms with Crippen molar-refractivity contribution in [3.8, 4) is 11.1 Å². The molecular formula is C20H13NO. The summed E-state index contributed by atoms with van der Waals surface area (Å²) < 4.78 is 8.18. The van der Waals surface area contributed by atoms with Crippen molar-refractivity contribution in [2.24, 2.45) is 0 Å². The third-order valence-corrected chi connectivity index (χ3v) is 4.20. The van der Waals surface area contributed by atoms with Gasteiger partial charge in [0.1, 0.15) is 0 Å². The van der Waals surface area contributed by atoms with Gasteiger partial charge in [0.05, 0.1) is 11.0 Å². The summed E-state index contributed by atoms with van der Waals surface area (Å²) in [4.78, 5) is 0. The molecule has 2 heterocycles. The molecule has 2 aromatic heterocycles. The normalized spacial score (nSPS) is 11.6. The monoisotopic (exact) mass is 283 g/mol. The second-order valence-corrected chi connectivity index (χ2v) is 5.53. The summed E-state index contributed by atoms with van der Waals surface area (Å²) in [5.41, 5.74) is 6.52. The Morgan fingerprint density at radius 1 is 0.636 bits per heavy atom. The maximum Gasteiger partial charge on any atom is 0.205 e. The summed E-state index contributed by atoms with van der Waals surface area (Å²) in [6.45, 7) is 0. The van der Waals surface area contributed by atoms with Crippen LogP contribution in [-0.2, 0) is 0 Å². The van der Waals surface area contributed by atoms with Crippen molar-refractivity contribution in [2.45, 2.75) is 0 Å². The summed E-state index contributed by atoms with van der Waals surface area (Å²) in [6, 6.07) is 27.3. The molecule has 0 spiro atoms. The number of fused-ring (bicyclic) bond motifs is 5. The maximum absolute atomic E-state index is 5.99. The molecule has 0 radical (unpaired) electrons. The first-order valence-corrected chi connectivity index (χ1v) is 7.38. The van der Waals surface area contributed by atoms with Crippen LogP contribution >= 0.6 is 0 Å². The average molecular weight is 283 g/mol. The molecule has 0 aliphatic carbocycles. The van der Waals surface area contributed by atoms with E-state index in [4.69, 9.17) is 4.42 Å². The van der Waals surface area contributed by atoms with E-state index in [1.807, 2.05) is 6.07 Å². The number of rotatable bonds is 1. The van der Waals surface area contributed by atoms with Gasteiger partial charge in [0, 0.05) is 11.5 Å². The topological polar surface area (TPSA) is 17.6 Å². The fourth-order valence-electron chi connectivity index (χ4n) is 3.15. The molecule has 0 atom stereocenters. The van der Waals surface area contributed by atoms with Crippen LogP contribution < -0.4 is 0 Å². The number of oxazole rings is 1. The van der Waals surface area contributed by atoms with E-state index < -0.39 is 0 Å². The van der Waals surface area contributed by atoms with Crippen LogP contribution in [0.2, 0.25) is 0 Å². The summed E-state index contributed by atoms with van der Waals surface area (Å²) in [5, 5.41) is 1.20. The second-order valence-electron chi connectivity index (χ2n) is 5.53. The molecule has 104 valence electrons. The number of hydrogen-bond acceptors (Lipinski definition) is 1. The lowest BCUT2D eigenvalue weighted by atomic mass is 10.1. The predicted molar refractivity (Wildman–Crippen MR) is 90.1 cm³/mol. The van der Waals surface area contributed by atoms with Gasteiger partial charge in [-0.3, -0.25) is 4.40 Å². The molecule has 0 unspecified atom stereocenters. The quantitative estimate of drug-likeness (QED) is 0.397. The fourth-order valence-corrected chi connectivity index (χ4v) is 3.15. The van der Waals surface area contributed by atoms with Crippen molar-refractivity contribution in [1.29, 1.82) is 0 Å². The molecule has 3 aromatic carbocycles. The van der Waals surface area contributed by atoms with E-state index in [-0.39, 0.29) is 0 Å². The van der Waals surface area contributed by atoms with Crippen LogP contribution in [0.4, 0.5) is 0 Å². The molecule has 5 rings (SSSR count). The Labute approximate surface area is 127 Å². The van der Waals surface area contributed by atoms with Gasteiger partial charge < -0.3 is 4.42 Å². The van der Waals surface area contributed by atoms with Crippen LogP contribution in [-0.4, -0.2) is 4.40 Å². The van der Waals surface area contributed by atoms with Gasteiger partial charge in [0.2, 0.25) is 5.71 Å². The van der Waals surface area contributed by atoms with E-state index in [1.54, 1.807) is 0 Å². The molecule has 0 amide bonds. The van der Waals surface area contributed by atoms with Crippen molar-refractivity contribution in [1.82, 2.24) is 4.40 Å². The van der Waals surface area contributed by atoms with Gasteiger partial charge in [-0.25, -0.2) is 0 Å². The molecule has 5 aromatic rings. The number of hydrogen-bond donors (Lipinski definition) is 0. The lowest BCUT2D eigenvalue weighted by molar-refractivity contribution is 0.657. The summed E-state index contributed by atoms with van der Waals surface area (Å²) in [5.74, 6) is 0. The van der Waals surface area contributed by atoms with Crippen LogP contribution in [0.25, 0.3) is 38.8 Å². The largest absolute Gasteiger partial charge is 0.438 e. The highest BCUT2D eigenvalue weighted by Gasteiger charge is 2.11. The standard InChI is InChI=1S/C20H13NO/c1-2-6-14(7-3-1)15-10-11-19-18(12-15)21-17-9-5-4-8-16(17)13-20(21)22-19/h1-13H. The highest BCUT2D eigenvalue weighted by molar-refractivity contribution is 5.93. The van der Waals surface area contributed by atoms with E-state index >= 15 is 0 Å². The number of benzene rings is 3. The van der Waals surface area contributed by atoms with E-state index in [0.29, 0.717) is 0 Å². The Hall–Kier alpha value is -3.00. The molecular weight excluding hydrogens is 270 g/mol. The van der Waals surface area contributed by atoms with Gasteiger partial charge in [0.25, 0.3) is 0 Å². The number of aromatic nitrogens is 1. The molecule has 0 N–H and O–H groups in total. The molecule has 0 bridgehead atoms. The third-order valence-electron chi connectivity index (χ3n) is 4.20. The fraction of sp³-hybridized carbons (Fsp3) is 0. The van der Waals surface area contributed by atoms with Gasteiger partial charge in [-0.05, 0) is 29.3 Å². The zero-order chi connectivity index (χ0) is 14.5. The molecule has 0 aliphatic rings. The van der Waals surface area contributed by atoms with Crippen LogP contribution in [0.3, 0.4) is 0 Å². The first kappa shape index (κ1) is 11.6. The summed E-state index contributed by atoms with van der Waals surface area (Å²) >= 11 is 0. The van der Waals surface area contributed by atoms with Gasteiger partial charge in [0.15, 0.2) is 5.58 Å². The zero-order valence-corrected chi connectivity index (χ0v) is 11.9. The summed E-state index contributed by atoms with van der Waals surface area (Å²) in [6.07, 6.45) is 0. The number of para-hydroxylation sites is 1. The summed E-state index contributed by atoms with van der Waals surface area (Å²) in [7, 11) is 0. The Balaban J connectivity index is 1.88. The molecule has 2 heteroatoms. The average Bonchev–Trinajstić information content (AvgIpc) is 3.10. The molecule has 0 saturated heterocycles. The van der Waals surface area contributed by atoms with E-state index in [9.17, 15) is 0 Å². The van der Waals surface area contributed by atoms with Crippen LogP contribution in [0.5, 0.6) is 0 Å². The van der Waals surface area contributed by atoms with Crippen molar-refractivity contribution in [3.63, 3.8) is 0 Å². The molecule has 22 heavy (non-hydrogen) atoms. The highest BCUT2D eigenvalue weighted by atomic mass is 16.3. The molecule has 0 aliphatic heterocycles. The smallest absolute Gasteiger partial charge is 0.205 e. The first-order valence-electron chi connectivity index (χ1n) is 7.38. The van der Waals surface area contributed by atoms with Gasteiger partial charge in [-0.2, -0.15) is 0 Å². The van der Waals surface area contributed by atoms with Crippen LogP contribution in [0.15, 0.2) is 83.3 Å². The SMILES string of the molecule is c1ccc(-c2ccc3oc4cc5ccccc5n4c3c2)cc1. The first-order chi connectivity index (χ1) is 10.9. The highest BCUT2D eigenvalue weighted by Crippen LogP contribution is 2.31. The van der Waals surface area contributed by atoms with E-state index in [0.717, 1.165) is 16.8 Å². The van der Waals surface area contributed by atoms with Crippen molar-refractivity contribution >= 4 is 27.7 Å². The van der Waals surface area contributed by atoms with E-state index in [2.05, 4.69) is 77.2 Å². The van der Waals surface area contributed by atoms with E-state index in [1.165, 1.54) is 22.0 Å². The lowest BCUT2D eigenvalue weighted by Gasteiger charge is -2.01.